The molecule has 5 heteroatoms. The molecule has 0 aromatic heterocycles. The van der Waals surface area contributed by atoms with Crippen molar-refractivity contribution in [1.82, 2.24) is 10.6 Å². The smallest absolute Gasteiger partial charge is 0.223 e. The predicted octanol–water partition coefficient (Wildman–Crippen LogP) is 3.24. The van der Waals surface area contributed by atoms with E-state index in [1.54, 1.807) is 0 Å². The number of hydrogen-bond acceptors (Lipinski definition) is 4. The summed E-state index contributed by atoms with van der Waals surface area (Å²) < 4.78 is 11.5. The summed E-state index contributed by atoms with van der Waals surface area (Å²) in [5.74, 6) is 1.42. The van der Waals surface area contributed by atoms with Crippen molar-refractivity contribution in [2.45, 2.75) is 31.9 Å². The Morgan fingerprint density at radius 2 is 1.83 bits per heavy atom. The fourth-order valence-electron chi connectivity index (χ4n) is 4.05. The first-order valence-electron chi connectivity index (χ1n) is 10.5. The van der Waals surface area contributed by atoms with E-state index in [1.165, 1.54) is 0 Å². The third kappa shape index (κ3) is 4.62. The molecule has 1 amide bonds. The van der Waals surface area contributed by atoms with Crippen LogP contribution in [0.2, 0.25) is 0 Å². The number of hydrogen-bond donors (Lipinski definition) is 2. The molecule has 0 spiro atoms. The summed E-state index contributed by atoms with van der Waals surface area (Å²) in [5.41, 5.74) is 1.91. The van der Waals surface area contributed by atoms with E-state index in [9.17, 15) is 4.79 Å². The zero-order valence-corrected chi connectivity index (χ0v) is 17.0. The number of carbonyl (C=O) groups is 1. The van der Waals surface area contributed by atoms with Crippen LogP contribution in [0.1, 0.15) is 30.9 Å². The van der Waals surface area contributed by atoms with E-state index in [1.807, 2.05) is 37.3 Å². The van der Waals surface area contributed by atoms with Crippen molar-refractivity contribution in [2.75, 3.05) is 26.3 Å². The highest BCUT2D eigenvalue weighted by atomic mass is 16.5. The molecule has 2 aliphatic rings. The normalized spacial score (nSPS) is 19.8. The summed E-state index contributed by atoms with van der Waals surface area (Å²) in [4.78, 5) is 12.9. The second-order valence-electron chi connectivity index (χ2n) is 8.19. The van der Waals surface area contributed by atoms with Gasteiger partial charge in [-0.05, 0) is 55.1 Å². The van der Waals surface area contributed by atoms with Crippen LogP contribution in [0.25, 0.3) is 0 Å². The van der Waals surface area contributed by atoms with Gasteiger partial charge in [-0.3, -0.25) is 4.79 Å². The van der Waals surface area contributed by atoms with Crippen molar-refractivity contribution in [2.24, 2.45) is 11.8 Å². The fourth-order valence-corrected chi connectivity index (χ4v) is 4.05. The lowest BCUT2D eigenvalue weighted by Crippen LogP contribution is -2.55. The topological polar surface area (TPSA) is 59.6 Å². The standard InChI is InChI=1S/C24H30N2O3/c1-18(20-15-25-16-20)23(27)26-24(11-13-28-14-12-24)21-7-9-22(10-8-21)29-17-19-5-3-2-4-6-19/h2-10,18,20,25H,11-17H2,1H3,(H,26,27). The molecule has 2 aromatic rings. The van der Waals surface area contributed by atoms with Crippen molar-refractivity contribution in [3.8, 4) is 5.75 Å². The Labute approximate surface area is 172 Å². The van der Waals surface area contributed by atoms with Gasteiger partial charge >= 0.3 is 0 Å². The highest BCUT2D eigenvalue weighted by molar-refractivity contribution is 5.80. The number of amides is 1. The van der Waals surface area contributed by atoms with Crippen molar-refractivity contribution >= 4 is 5.91 Å². The van der Waals surface area contributed by atoms with Gasteiger partial charge in [0.2, 0.25) is 5.91 Å². The van der Waals surface area contributed by atoms with Crippen LogP contribution in [-0.2, 0) is 21.7 Å². The zero-order valence-electron chi connectivity index (χ0n) is 17.0. The lowest BCUT2D eigenvalue weighted by molar-refractivity contribution is -0.130. The van der Waals surface area contributed by atoms with Gasteiger partial charge in [-0.2, -0.15) is 0 Å². The maximum absolute atomic E-state index is 12.9. The van der Waals surface area contributed by atoms with E-state index in [0.717, 1.165) is 42.8 Å². The van der Waals surface area contributed by atoms with Gasteiger partial charge in [-0.15, -0.1) is 0 Å². The number of carbonyl (C=O) groups excluding carboxylic acids is 1. The van der Waals surface area contributed by atoms with Crippen LogP contribution in [0.3, 0.4) is 0 Å². The summed E-state index contributed by atoms with van der Waals surface area (Å²) in [6, 6.07) is 18.3. The summed E-state index contributed by atoms with van der Waals surface area (Å²) >= 11 is 0. The van der Waals surface area contributed by atoms with Crippen molar-refractivity contribution < 1.29 is 14.3 Å². The molecule has 0 bridgehead atoms. The first-order chi connectivity index (χ1) is 14.2. The molecule has 154 valence electrons. The van der Waals surface area contributed by atoms with Crippen LogP contribution < -0.4 is 15.4 Å². The Bertz CT molecular complexity index is 797. The number of benzene rings is 2. The number of nitrogens with one attached hydrogen (secondary N) is 2. The molecule has 2 fully saturated rings. The second-order valence-corrected chi connectivity index (χ2v) is 8.19. The number of ether oxygens (including phenoxy) is 2. The molecule has 1 atom stereocenters. The van der Waals surface area contributed by atoms with E-state index >= 15 is 0 Å². The van der Waals surface area contributed by atoms with Gasteiger partial charge in [0.25, 0.3) is 0 Å². The van der Waals surface area contributed by atoms with Gasteiger partial charge < -0.3 is 20.1 Å². The van der Waals surface area contributed by atoms with Crippen molar-refractivity contribution in [1.29, 1.82) is 0 Å². The van der Waals surface area contributed by atoms with Crippen LogP contribution >= 0.6 is 0 Å². The third-order valence-corrected chi connectivity index (χ3v) is 6.30. The van der Waals surface area contributed by atoms with Gasteiger partial charge in [0.15, 0.2) is 0 Å². The van der Waals surface area contributed by atoms with Crippen molar-refractivity contribution in [3.63, 3.8) is 0 Å². The third-order valence-electron chi connectivity index (χ3n) is 6.30. The Kier molecular flexibility index (Phi) is 6.16. The average Bonchev–Trinajstić information content (AvgIpc) is 2.73. The summed E-state index contributed by atoms with van der Waals surface area (Å²) in [7, 11) is 0. The van der Waals surface area contributed by atoms with Crippen LogP contribution in [0.15, 0.2) is 54.6 Å². The van der Waals surface area contributed by atoms with Gasteiger partial charge in [-0.25, -0.2) is 0 Å². The Morgan fingerprint density at radius 1 is 1.14 bits per heavy atom. The zero-order chi connectivity index (χ0) is 20.1. The highest BCUT2D eigenvalue weighted by Gasteiger charge is 2.38. The van der Waals surface area contributed by atoms with E-state index in [0.29, 0.717) is 25.7 Å². The molecule has 29 heavy (non-hydrogen) atoms. The van der Waals surface area contributed by atoms with E-state index < -0.39 is 0 Å². The quantitative estimate of drug-likeness (QED) is 0.757. The first kappa shape index (κ1) is 19.9. The summed E-state index contributed by atoms with van der Waals surface area (Å²) in [6.07, 6.45) is 1.58. The molecule has 2 saturated heterocycles. The lowest BCUT2D eigenvalue weighted by atomic mass is 9.81. The molecule has 0 aliphatic carbocycles. The minimum atomic E-state index is -0.362. The largest absolute Gasteiger partial charge is 0.489 e. The molecule has 2 N–H and O–H groups in total. The number of rotatable bonds is 7. The SMILES string of the molecule is CC(C(=O)NC1(c2ccc(OCc3ccccc3)cc2)CCOCC1)C1CNC1. The van der Waals surface area contributed by atoms with E-state index in [4.69, 9.17) is 9.47 Å². The van der Waals surface area contributed by atoms with Crippen LogP contribution in [0.5, 0.6) is 5.75 Å². The molecular formula is C24H30N2O3. The molecular weight excluding hydrogens is 364 g/mol. The molecule has 2 aromatic carbocycles. The average molecular weight is 395 g/mol. The van der Waals surface area contributed by atoms with Crippen LogP contribution in [0.4, 0.5) is 0 Å². The minimum Gasteiger partial charge on any atom is -0.489 e. The fraction of sp³-hybridized carbons (Fsp3) is 0.458. The molecule has 0 saturated carbocycles. The predicted molar refractivity (Wildman–Crippen MR) is 113 cm³/mol. The van der Waals surface area contributed by atoms with Gasteiger partial charge in [0.05, 0.1) is 5.54 Å². The second kappa shape index (κ2) is 8.97. The van der Waals surface area contributed by atoms with E-state index in [2.05, 4.69) is 34.9 Å². The first-order valence-corrected chi connectivity index (χ1v) is 10.5. The molecule has 0 radical (unpaired) electrons. The molecule has 4 rings (SSSR count). The van der Waals surface area contributed by atoms with Crippen molar-refractivity contribution in [3.05, 3.63) is 65.7 Å². The maximum Gasteiger partial charge on any atom is 0.223 e. The molecule has 1 unspecified atom stereocenters. The molecule has 5 nitrogen and oxygen atoms in total. The van der Waals surface area contributed by atoms with Crippen LogP contribution in [0, 0.1) is 11.8 Å². The Hall–Kier alpha value is -2.37. The Balaban J connectivity index is 1.45. The van der Waals surface area contributed by atoms with Gasteiger partial charge in [0.1, 0.15) is 12.4 Å². The van der Waals surface area contributed by atoms with E-state index in [-0.39, 0.29) is 17.4 Å². The maximum atomic E-state index is 12.9. The van der Waals surface area contributed by atoms with Crippen LogP contribution in [-0.4, -0.2) is 32.2 Å². The minimum absolute atomic E-state index is 0.0180. The highest BCUT2D eigenvalue weighted by Crippen LogP contribution is 2.34. The monoisotopic (exact) mass is 394 g/mol. The summed E-state index contributed by atoms with van der Waals surface area (Å²) in [6.45, 7) is 5.76. The summed E-state index contributed by atoms with van der Waals surface area (Å²) in [5, 5.41) is 6.65. The van der Waals surface area contributed by atoms with Gasteiger partial charge in [-0.1, -0.05) is 49.4 Å². The molecule has 2 aliphatic heterocycles. The van der Waals surface area contributed by atoms with Gasteiger partial charge in [0, 0.05) is 19.1 Å². The lowest BCUT2D eigenvalue weighted by Gasteiger charge is -2.41. The Morgan fingerprint density at radius 3 is 2.45 bits per heavy atom. The molecule has 2 heterocycles.